The Balaban J connectivity index is 1.37. The number of pyridine rings is 1. The van der Waals surface area contributed by atoms with Crippen LogP contribution in [-0.4, -0.2) is 48.5 Å². The van der Waals surface area contributed by atoms with Crippen LogP contribution in [0.25, 0.3) is 22.2 Å². The van der Waals surface area contributed by atoms with E-state index in [1.54, 1.807) is 35.7 Å². The minimum atomic E-state index is -3.50. The number of benzene rings is 2. The molecule has 2 N–H and O–H groups in total. The van der Waals surface area contributed by atoms with Crippen molar-refractivity contribution in [1.29, 1.82) is 0 Å². The van der Waals surface area contributed by atoms with Crippen LogP contribution >= 0.6 is 11.3 Å². The second-order valence-electron chi connectivity index (χ2n) is 9.30. The Morgan fingerprint density at radius 3 is 2.54 bits per heavy atom. The summed E-state index contributed by atoms with van der Waals surface area (Å²) in [6, 6.07) is 17.2. The van der Waals surface area contributed by atoms with Crippen molar-refractivity contribution < 1.29 is 8.42 Å². The van der Waals surface area contributed by atoms with Gasteiger partial charge in [-0.1, -0.05) is 30.3 Å². The third-order valence-corrected chi connectivity index (χ3v) is 8.87. The van der Waals surface area contributed by atoms with E-state index in [2.05, 4.69) is 40.1 Å². The van der Waals surface area contributed by atoms with Crippen molar-refractivity contribution in [2.45, 2.75) is 43.1 Å². The van der Waals surface area contributed by atoms with Crippen molar-refractivity contribution >= 4 is 32.1 Å². The summed E-state index contributed by atoms with van der Waals surface area (Å²) in [6.45, 7) is 7.21. The van der Waals surface area contributed by atoms with E-state index >= 15 is 0 Å². The van der Waals surface area contributed by atoms with E-state index < -0.39 is 9.84 Å². The van der Waals surface area contributed by atoms with Gasteiger partial charge in [0.15, 0.2) is 9.84 Å². The first-order valence-corrected chi connectivity index (χ1v) is 14.2. The molecule has 5 rings (SSSR count). The molecule has 0 aliphatic carbocycles. The summed E-state index contributed by atoms with van der Waals surface area (Å²) in [5, 5.41) is 6.66. The van der Waals surface area contributed by atoms with E-state index in [1.165, 1.54) is 11.3 Å². The van der Waals surface area contributed by atoms with Gasteiger partial charge in [0.2, 0.25) is 0 Å². The number of hydrogen-bond donors (Lipinski definition) is 2. The molecule has 9 heteroatoms. The molecule has 1 aliphatic heterocycles. The highest BCUT2D eigenvalue weighted by molar-refractivity contribution is 7.90. The van der Waals surface area contributed by atoms with Gasteiger partial charge in [-0.2, -0.15) is 0 Å². The highest BCUT2D eigenvalue weighted by atomic mass is 32.2. The lowest BCUT2D eigenvalue weighted by Gasteiger charge is -2.36. The molecule has 3 heterocycles. The molecule has 182 valence electrons. The summed E-state index contributed by atoms with van der Waals surface area (Å²) < 4.78 is 25.4. The Bertz CT molecular complexity index is 1500. The van der Waals surface area contributed by atoms with Crippen LogP contribution in [0.4, 0.5) is 0 Å². The maximum atomic E-state index is 12.9. The van der Waals surface area contributed by atoms with Crippen LogP contribution < -0.4 is 10.9 Å². The van der Waals surface area contributed by atoms with Crippen LogP contribution in [0.15, 0.2) is 69.7 Å². The molecule has 0 unspecified atom stereocenters. The summed E-state index contributed by atoms with van der Waals surface area (Å²) in [5.41, 5.74) is 2.64. The van der Waals surface area contributed by atoms with Crippen molar-refractivity contribution in [2.24, 2.45) is 0 Å². The van der Waals surface area contributed by atoms with Crippen molar-refractivity contribution in [3.63, 3.8) is 0 Å². The SMILES string of the molecule is C[C@@H]1CN(Cc2ccc3cc(-c4csc(CS(=O)(=O)c5ccccc5)n4)c(=O)[nH]c3c2)C[C@H](C)N1. The van der Waals surface area contributed by atoms with Crippen LogP contribution in [0.3, 0.4) is 0 Å². The number of fused-ring (bicyclic) bond motifs is 1. The minimum absolute atomic E-state index is 0.195. The maximum absolute atomic E-state index is 12.9. The van der Waals surface area contributed by atoms with Crippen molar-refractivity contribution in [3.8, 4) is 11.3 Å². The first-order valence-electron chi connectivity index (χ1n) is 11.6. The van der Waals surface area contributed by atoms with E-state index in [1.807, 2.05) is 18.2 Å². The smallest absolute Gasteiger partial charge is 0.257 e. The van der Waals surface area contributed by atoms with E-state index in [-0.39, 0.29) is 16.2 Å². The molecule has 7 nitrogen and oxygen atoms in total. The Labute approximate surface area is 208 Å². The Morgan fingerprint density at radius 1 is 1.06 bits per heavy atom. The number of H-pyrrole nitrogens is 1. The average molecular weight is 509 g/mol. The first-order chi connectivity index (χ1) is 16.8. The number of nitrogens with one attached hydrogen (secondary N) is 2. The van der Waals surface area contributed by atoms with Crippen LogP contribution in [0, 0.1) is 0 Å². The topological polar surface area (TPSA) is 95.2 Å². The molecule has 2 aromatic heterocycles. The number of sulfone groups is 1. The van der Waals surface area contributed by atoms with Gasteiger partial charge < -0.3 is 10.3 Å². The fourth-order valence-electron chi connectivity index (χ4n) is 4.74. The second kappa shape index (κ2) is 9.66. The molecule has 4 aromatic rings. The van der Waals surface area contributed by atoms with Gasteiger partial charge in [-0.05, 0) is 49.1 Å². The first kappa shape index (κ1) is 23.9. The zero-order chi connectivity index (χ0) is 24.6. The normalized spacial score (nSPS) is 19.3. The summed E-state index contributed by atoms with van der Waals surface area (Å²) in [4.78, 5) is 23.1. The molecule has 1 saturated heterocycles. The van der Waals surface area contributed by atoms with Crippen molar-refractivity contribution in [3.05, 3.63) is 80.9 Å². The van der Waals surface area contributed by atoms with E-state index in [0.717, 1.165) is 36.1 Å². The monoisotopic (exact) mass is 508 g/mol. The Kier molecular flexibility index (Phi) is 6.59. The largest absolute Gasteiger partial charge is 0.321 e. The molecular weight excluding hydrogens is 480 g/mol. The van der Waals surface area contributed by atoms with E-state index in [0.29, 0.717) is 28.3 Å². The quantitative estimate of drug-likeness (QED) is 0.411. The van der Waals surface area contributed by atoms with Gasteiger partial charge >= 0.3 is 0 Å². The fourth-order valence-corrected chi connectivity index (χ4v) is 7.18. The van der Waals surface area contributed by atoms with Gasteiger partial charge in [-0.25, -0.2) is 13.4 Å². The lowest BCUT2D eigenvalue weighted by Crippen LogP contribution is -2.53. The summed E-state index contributed by atoms with van der Waals surface area (Å²) in [7, 11) is -3.50. The van der Waals surface area contributed by atoms with Crippen molar-refractivity contribution in [2.75, 3.05) is 13.1 Å². The van der Waals surface area contributed by atoms with Crippen LogP contribution in [-0.2, 0) is 22.1 Å². The highest BCUT2D eigenvalue weighted by Gasteiger charge is 2.21. The highest BCUT2D eigenvalue weighted by Crippen LogP contribution is 2.25. The predicted molar refractivity (Wildman–Crippen MR) is 140 cm³/mol. The molecule has 0 bridgehead atoms. The molecular formula is C26H28N4O3S2. The van der Waals surface area contributed by atoms with Gasteiger partial charge in [-0.15, -0.1) is 11.3 Å². The average Bonchev–Trinajstić information content (AvgIpc) is 3.26. The summed E-state index contributed by atoms with van der Waals surface area (Å²) in [6.07, 6.45) is 0. The molecule has 1 fully saturated rings. The van der Waals surface area contributed by atoms with Gasteiger partial charge in [0, 0.05) is 42.6 Å². The van der Waals surface area contributed by atoms with Gasteiger partial charge in [0.25, 0.3) is 5.56 Å². The second-order valence-corrected chi connectivity index (χ2v) is 12.2. The molecule has 1 aliphatic rings. The lowest BCUT2D eigenvalue weighted by atomic mass is 10.1. The molecule has 35 heavy (non-hydrogen) atoms. The Morgan fingerprint density at radius 2 is 1.80 bits per heavy atom. The number of aromatic amines is 1. The molecule has 0 radical (unpaired) electrons. The number of piperazine rings is 1. The molecule has 2 aromatic carbocycles. The number of hydrogen-bond acceptors (Lipinski definition) is 7. The third kappa shape index (κ3) is 5.38. The zero-order valence-corrected chi connectivity index (χ0v) is 21.3. The summed E-state index contributed by atoms with van der Waals surface area (Å²) >= 11 is 1.25. The number of nitrogens with zero attached hydrogens (tertiary/aromatic N) is 2. The van der Waals surface area contributed by atoms with Gasteiger partial charge in [0.05, 0.1) is 16.2 Å². The van der Waals surface area contributed by atoms with Crippen molar-refractivity contribution in [1.82, 2.24) is 20.2 Å². The fraction of sp³-hybridized carbons (Fsp3) is 0.308. The molecule has 2 atom stereocenters. The van der Waals surface area contributed by atoms with Crippen LogP contribution in [0.2, 0.25) is 0 Å². The third-order valence-electron chi connectivity index (χ3n) is 6.19. The van der Waals surface area contributed by atoms with Crippen LogP contribution in [0.1, 0.15) is 24.4 Å². The maximum Gasteiger partial charge on any atom is 0.257 e. The number of rotatable bonds is 6. The molecule has 0 spiro atoms. The Hall–Kier alpha value is -2.85. The molecule has 0 amide bonds. The lowest BCUT2D eigenvalue weighted by molar-refractivity contribution is 0.166. The standard InChI is InChI=1S/C26H28N4O3S2/c1-17-12-30(13-18(2)27-17)14-19-8-9-20-11-22(26(31)29-23(20)10-19)24-15-34-25(28-24)16-35(32,33)21-6-4-3-5-7-21/h3-11,15,17-18,27H,12-14,16H2,1-2H3,(H,29,31)/t17-,18+. The van der Waals surface area contributed by atoms with Gasteiger partial charge in [0.1, 0.15) is 10.8 Å². The van der Waals surface area contributed by atoms with E-state index in [4.69, 9.17) is 0 Å². The molecule has 0 saturated carbocycles. The van der Waals surface area contributed by atoms with E-state index in [9.17, 15) is 13.2 Å². The predicted octanol–water partition coefficient (Wildman–Crippen LogP) is 3.81. The number of thiazole rings is 1. The number of aromatic nitrogens is 2. The minimum Gasteiger partial charge on any atom is -0.321 e. The zero-order valence-electron chi connectivity index (χ0n) is 19.7. The summed E-state index contributed by atoms with van der Waals surface area (Å²) in [5.74, 6) is -0.195. The van der Waals surface area contributed by atoms with Crippen LogP contribution in [0.5, 0.6) is 0 Å². The van der Waals surface area contributed by atoms with Gasteiger partial charge in [-0.3, -0.25) is 9.69 Å².